The summed E-state index contributed by atoms with van der Waals surface area (Å²) in [5, 5.41) is 24.2. The van der Waals surface area contributed by atoms with Crippen molar-refractivity contribution in [2.45, 2.75) is 59.3 Å². The largest absolute Gasteiger partial charge is 0.396 e. The van der Waals surface area contributed by atoms with Gasteiger partial charge in [-0.25, -0.2) is 0 Å². The molecule has 0 bridgehead atoms. The molecule has 0 amide bonds. The average molecular weight is 329 g/mol. The Morgan fingerprint density at radius 1 is 0.588 bits per heavy atom. The molecule has 0 aliphatic heterocycles. The third-order valence-electron chi connectivity index (χ3n) is 1.54. The Labute approximate surface area is 128 Å². The number of unbranched alkanes of at least 4 members (excludes halogenated alkanes) is 3. The number of hydrogen-bond donors (Lipinski definition) is 3. The number of aliphatic hydroxyl groups excluding tert-OH is 3. The van der Waals surface area contributed by atoms with Crippen molar-refractivity contribution in [3.63, 3.8) is 0 Å². The Morgan fingerprint density at radius 3 is 0.765 bits per heavy atom. The van der Waals surface area contributed by atoms with Crippen LogP contribution in [0.15, 0.2) is 0 Å². The Morgan fingerprint density at radius 2 is 0.765 bits per heavy atom. The molecule has 3 N–H and O–H groups in total. The van der Waals surface area contributed by atoms with E-state index in [2.05, 4.69) is 20.8 Å². The van der Waals surface area contributed by atoms with Crippen molar-refractivity contribution >= 4 is 0 Å². The van der Waals surface area contributed by atoms with Gasteiger partial charge >= 0.3 is 0 Å². The van der Waals surface area contributed by atoms with E-state index in [0.717, 1.165) is 38.5 Å². The van der Waals surface area contributed by atoms with E-state index in [0.29, 0.717) is 19.8 Å². The van der Waals surface area contributed by atoms with Crippen LogP contribution in [0.25, 0.3) is 0 Å². The van der Waals surface area contributed by atoms with E-state index in [1.165, 1.54) is 0 Å². The summed E-state index contributed by atoms with van der Waals surface area (Å²) in [7, 11) is 0. The van der Waals surface area contributed by atoms with Crippen molar-refractivity contribution in [2.75, 3.05) is 19.8 Å². The van der Waals surface area contributed by atoms with E-state index in [9.17, 15) is 0 Å². The smallest absolute Gasteiger partial charge is 0.0430 e. The molecule has 0 saturated heterocycles. The molecule has 0 aromatic carbocycles. The van der Waals surface area contributed by atoms with E-state index in [1.54, 1.807) is 0 Å². The van der Waals surface area contributed by atoms with E-state index in [4.69, 9.17) is 15.3 Å². The Hall–Kier alpha value is 0.763. The molecular weight excluding hydrogens is 295 g/mol. The summed E-state index contributed by atoms with van der Waals surface area (Å²) < 4.78 is 0. The van der Waals surface area contributed by atoms with Gasteiger partial charge in [-0.1, -0.05) is 40.0 Å². The standard InChI is InChI=1S/3C4H10O.CH3.Zr/c3*1-2-3-4-5;;/h3*5H,2-4H2,1H3;1H3;/q;;;-1;. The quantitative estimate of drug-likeness (QED) is 0.657. The fourth-order valence-corrected chi connectivity index (χ4v) is 0.474. The van der Waals surface area contributed by atoms with E-state index < -0.39 is 0 Å². The Kier molecular flexibility index (Phi) is 78.8. The molecule has 108 valence electrons. The fourth-order valence-electron chi connectivity index (χ4n) is 0.474. The second kappa shape index (κ2) is 43.7. The van der Waals surface area contributed by atoms with Crippen LogP contribution in [-0.4, -0.2) is 35.1 Å². The molecule has 0 aromatic rings. The zero-order chi connectivity index (χ0) is 12.4. The predicted octanol–water partition coefficient (Wildman–Crippen LogP) is 2.78. The molecule has 0 heterocycles. The second-order valence-corrected chi connectivity index (χ2v) is 3.23. The van der Waals surface area contributed by atoms with Gasteiger partial charge in [0.05, 0.1) is 0 Å². The molecule has 0 spiro atoms. The minimum Gasteiger partial charge on any atom is -0.396 e. The first-order valence-corrected chi connectivity index (χ1v) is 6.07. The van der Waals surface area contributed by atoms with Crippen molar-refractivity contribution in [3.05, 3.63) is 7.43 Å². The van der Waals surface area contributed by atoms with Gasteiger partial charge in [-0.3, -0.25) is 0 Å². The van der Waals surface area contributed by atoms with Crippen LogP contribution in [0.2, 0.25) is 0 Å². The van der Waals surface area contributed by atoms with Crippen LogP contribution in [0.1, 0.15) is 59.3 Å². The zero-order valence-corrected chi connectivity index (χ0v) is 14.7. The summed E-state index contributed by atoms with van der Waals surface area (Å²) in [6.45, 7) is 7.19. The van der Waals surface area contributed by atoms with Crippen LogP contribution < -0.4 is 0 Å². The predicted molar refractivity (Wildman–Crippen MR) is 72.4 cm³/mol. The first-order chi connectivity index (χ1) is 7.24. The van der Waals surface area contributed by atoms with E-state index in [-0.39, 0.29) is 33.6 Å². The molecule has 0 aromatic heterocycles. The Balaban J connectivity index is -0.0000000400. The van der Waals surface area contributed by atoms with Gasteiger partial charge < -0.3 is 22.7 Å². The molecular formula is C13H33O3Zr-. The monoisotopic (exact) mass is 327 g/mol. The van der Waals surface area contributed by atoms with Crippen LogP contribution in [0.4, 0.5) is 0 Å². The van der Waals surface area contributed by atoms with Crippen molar-refractivity contribution in [2.24, 2.45) is 0 Å². The van der Waals surface area contributed by atoms with Crippen LogP contribution in [-0.2, 0) is 26.2 Å². The summed E-state index contributed by atoms with van der Waals surface area (Å²) in [5.41, 5.74) is 0. The molecule has 0 radical (unpaired) electrons. The molecule has 4 heteroatoms. The molecule has 3 nitrogen and oxygen atoms in total. The van der Waals surface area contributed by atoms with Crippen LogP contribution in [0.5, 0.6) is 0 Å². The van der Waals surface area contributed by atoms with Gasteiger partial charge in [-0.2, -0.15) is 0 Å². The van der Waals surface area contributed by atoms with Crippen molar-refractivity contribution in [1.82, 2.24) is 0 Å². The molecule has 0 unspecified atom stereocenters. The van der Waals surface area contributed by atoms with E-state index in [1.807, 2.05) is 0 Å². The van der Waals surface area contributed by atoms with E-state index >= 15 is 0 Å². The normalized spacial score (nSPS) is 7.41. The van der Waals surface area contributed by atoms with Crippen LogP contribution >= 0.6 is 0 Å². The van der Waals surface area contributed by atoms with Crippen molar-refractivity contribution in [3.8, 4) is 0 Å². The number of rotatable bonds is 6. The maximum atomic E-state index is 8.07. The molecule has 0 aliphatic carbocycles. The van der Waals surface area contributed by atoms with Gasteiger partial charge in [-0.15, -0.1) is 0 Å². The van der Waals surface area contributed by atoms with Crippen LogP contribution in [0.3, 0.4) is 0 Å². The van der Waals surface area contributed by atoms with Gasteiger partial charge in [0, 0.05) is 46.0 Å². The van der Waals surface area contributed by atoms with Gasteiger partial charge in [0.2, 0.25) is 0 Å². The van der Waals surface area contributed by atoms with Gasteiger partial charge in [0.15, 0.2) is 0 Å². The minimum atomic E-state index is 0. The maximum Gasteiger partial charge on any atom is 0.0430 e. The number of aliphatic hydroxyl groups is 3. The average Bonchev–Trinajstić information content (AvgIpc) is 2.23. The zero-order valence-electron chi connectivity index (χ0n) is 12.2. The third kappa shape index (κ3) is 79.9. The second-order valence-electron chi connectivity index (χ2n) is 3.23. The first-order valence-electron chi connectivity index (χ1n) is 6.07. The van der Waals surface area contributed by atoms with Crippen LogP contribution in [0, 0.1) is 7.43 Å². The van der Waals surface area contributed by atoms with Crippen molar-refractivity contribution in [1.29, 1.82) is 0 Å². The SMILES string of the molecule is CCCCO.CCCCO.CCCCO.[CH3-].[Zr]. The maximum absolute atomic E-state index is 8.07. The van der Waals surface area contributed by atoms with Gasteiger partial charge in [-0.05, 0) is 19.3 Å². The first kappa shape index (κ1) is 30.6. The number of hydrogen-bond acceptors (Lipinski definition) is 3. The Bertz CT molecular complexity index is 53.4. The van der Waals surface area contributed by atoms with Gasteiger partial charge in [0.1, 0.15) is 0 Å². The summed E-state index contributed by atoms with van der Waals surface area (Å²) in [4.78, 5) is 0. The molecule has 0 aliphatic rings. The molecule has 0 fully saturated rings. The minimum absolute atomic E-state index is 0. The summed E-state index contributed by atoms with van der Waals surface area (Å²) >= 11 is 0. The summed E-state index contributed by atoms with van der Waals surface area (Å²) in [5.74, 6) is 0. The molecule has 0 rings (SSSR count). The topological polar surface area (TPSA) is 60.7 Å². The summed E-state index contributed by atoms with van der Waals surface area (Å²) in [6.07, 6.45) is 6.11. The molecule has 17 heavy (non-hydrogen) atoms. The third-order valence-corrected chi connectivity index (χ3v) is 1.54. The molecule has 0 atom stereocenters. The summed E-state index contributed by atoms with van der Waals surface area (Å²) in [6, 6.07) is 0. The van der Waals surface area contributed by atoms with Crippen molar-refractivity contribution < 1.29 is 41.5 Å². The molecule has 0 saturated carbocycles. The van der Waals surface area contributed by atoms with Gasteiger partial charge in [0.25, 0.3) is 0 Å². The fraction of sp³-hybridized carbons (Fsp3) is 0.923.